The summed E-state index contributed by atoms with van der Waals surface area (Å²) in [6, 6.07) is 10.5. The second-order valence-corrected chi connectivity index (χ2v) is 18.7. The van der Waals surface area contributed by atoms with E-state index in [2.05, 4.69) is 24.9 Å². The number of aliphatic hydroxyl groups is 3. The number of unbranched alkanes of at least 4 members (excludes halogenated alkanes) is 11. The number of nitrogens with zero attached hydrogens (tertiary/aromatic N) is 3. The maximum Gasteiger partial charge on any atom is 0.412 e. The minimum Gasteiger partial charge on any atom is -0.459 e. The van der Waals surface area contributed by atoms with Gasteiger partial charge in [-0.05, 0) is 92.3 Å². The van der Waals surface area contributed by atoms with Gasteiger partial charge < -0.3 is 49.2 Å². The van der Waals surface area contributed by atoms with E-state index in [1.807, 2.05) is 6.07 Å². The number of benzene rings is 2. The highest BCUT2D eigenvalue weighted by molar-refractivity contribution is 6.03. The van der Waals surface area contributed by atoms with E-state index in [4.69, 9.17) is 33.7 Å². The number of amides is 2. The largest absolute Gasteiger partial charge is 0.459 e. The van der Waals surface area contributed by atoms with E-state index in [0.29, 0.717) is 55.0 Å². The number of rotatable bonds is 34. The van der Waals surface area contributed by atoms with Gasteiger partial charge in [0.05, 0.1) is 49.6 Å². The molecule has 17 heteroatoms. The van der Waals surface area contributed by atoms with Crippen LogP contribution < -0.4 is 14.8 Å². The van der Waals surface area contributed by atoms with Gasteiger partial charge in [0, 0.05) is 56.3 Å². The third kappa shape index (κ3) is 16.2. The summed E-state index contributed by atoms with van der Waals surface area (Å²) < 4.78 is 31.7. The number of hydrogen-bond acceptors (Lipinski definition) is 14. The lowest BCUT2D eigenvalue weighted by Crippen LogP contribution is -2.70. The van der Waals surface area contributed by atoms with Crippen molar-refractivity contribution in [1.82, 2.24) is 10.2 Å². The van der Waals surface area contributed by atoms with Gasteiger partial charge in [-0.2, -0.15) is 0 Å². The van der Waals surface area contributed by atoms with Gasteiger partial charge in [-0.3, -0.25) is 15.0 Å². The summed E-state index contributed by atoms with van der Waals surface area (Å²) in [6.45, 7) is 8.55. The van der Waals surface area contributed by atoms with Crippen molar-refractivity contribution in [2.75, 3.05) is 59.3 Å². The van der Waals surface area contributed by atoms with Crippen molar-refractivity contribution in [3.63, 3.8) is 0 Å². The van der Waals surface area contributed by atoms with Gasteiger partial charge in [0.25, 0.3) is 5.69 Å². The lowest BCUT2D eigenvalue weighted by atomic mass is 9.55. The van der Waals surface area contributed by atoms with E-state index in [1.165, 1.54) is 57.1 Å². The monoisotopic (exact) mass is 993 g/mol. The first kappa shape index (κ1) is 56.8. The molecule has 1 fully saturated rings. The Morgan fingerprint density at radius 2 is 1.62 bits per heavy atom. The number of ether oxygens (including phenoxy) is 5. The quantitative estimate of drug-likeness (QED) is 0.0222. The molecule has 2 aromatic rings. The van der Waals surface area contributed by atoms with Crippen LogP contribution in [0.1, 0.15) is 140 Å². The van der Waals surface area contributed by atoms with E-state index in [9.17, 15) is 35.0 Å². The first-order chi connectivity index (χ1) is 34.7. The molecular formula is C54H80N4O13. The number of hydrogen-bond donors (Lipinski definition) is 4. The fraction of sp³-hybridized carbons (Fsp3) is 0.648. The highest BCUT2D eigenvalue weighted by Crippen LogP contribution is 2.62. The average molecular weight is 993 g/mol. The van der Waals surface area contributed by atoms with Crippen molar-refractivity contribution >= 4 is 23.6 Å². The number of fused-ring (bicyclic) bond motifs is 2. The summed E-state index contributed by atoms with van der Waals surface area (Å²) in [5.41, 5.74) is 2.70. The fourth-order valence-electron chi connectivity index (χ4n) is 10.5. The zero-order valence-corrected chi connectivity index (χ0v) is 42.1. The predicted octanol–water partition coefficient (Wildman–Crippen LogP) is 9.91. The summed E-state index contributed by atoms with van der Waals surface area (Å²) in [7, 11) is 0. The summed E-state index contributed by atoms with van der Waals surface area (Å²) in [4.78, 5) is 46.2. The third-order valence-corrected chi connectivity index (χ3v) is 13.8. The van der Waals surface area contributed by atoms with Crippen LogP contribution in [0.5, 0.6) is 11.5 Å². The fourth-order valence-corrected chi connectivity index (χ4v) is 10.5. The number of non-ortho nitro benzene ring substituents is 1. The summed E-state index contributed by atoms with van der Waals surface area (Å²) in [6.07, 6.45) is 18.6. The second kappa shape index (κ2) is 30.7. The molecular weight excluding hydrogens is 913 g/mol. The Bertz CT molecular complexity index is 2010. The molecule has 0 saturated heterocycles. The summed E-state index contributed by atoms with van der Waals surface area (Å²) in [5.74, 6) is -1.96. The Morgan fingerprint density at radius 3 is 2.28 bits per heavy atom. The van der Waals surface area contributed by atoms with Gasteiger partial charge in [-0.25, -0.2) is 9.59 Å². The van der Waals surface area contributed by atoms with Crippen LogP contribution in [0.25, 0.3) is 0 Å². The zero-order chi connectivity index (χ0) is 50.9. The number of nitro benzene ring substituents is 1. The van der Waals surface area contributed by atoms with Crippen LogP contribution >= 0.6 is 0 Å². The van der Waals surface area contributed by atoms with Crippen LogP contribution in [-0.4, -0.2) is 114 Å². The Kier molecular flexibility index (Phi) is 24.6. The van der Waals surface area contributed by atoms with Gasteiger partial charge in [0.15, 0.2) is 0 Å². The first-order valence-corrected chi connectivity index (χ1v) is 26.2. The number of aliphatic hydroxyl groups excluding tert-OH is 3. The van der Waals surface area contributed by atoms with E-state index < -0.39 is 40.8 Å². The Morgan fingerprint density at radius 1 is 0.915 bits per heavy atom. The molecule has 1 heterocycles. The Labute approximate surface area is 420 Å². The standard InChI is InChI=1S/C54H80N4O13/c1-4-7-8-9-10-11-12-13-14-17-28-55-52(62)70-43-26-27-48-46(37-43)50-44(21-16-19-31-60)41(20-15-18-30-59)36-45-47(56-69-39-40-22-24-42(25-23-40)58(64)65)38-49(54(71-48,51(45)50)68-33-5-2)57(53(63)67-6-3)29-34-66-35-32-61/h5,22-27,36-37,41,44,49-51,59-61H,2,4,6-21,28-35,38-39H2,1,3H3,(H,55,62). The predicted molar refractivity (Wildman–Crippen MR) is 270 cm³/mol. The van der Waals surface area contributed by atoms with Crippen LogP contribution in [-0.2, 0) is 25.7 Å². The van der Waals surface area contributed by atoms with Crippen LogP contribution in [0, 0.1) is 27.9 Å². The van der Waals surface area contributed by atoms with Crippen LogP contribution in [0.15, 0.2) is 71.9 Å². The first-order valence-electron chi connectivity index (χ1n) is 26.2. The molecule has 6 unspecified atom stereocenters. The number of oxime groups is 1. The van der Waals surface area contributed by atoms with E-state index in [-0.39, 0.29) is 83.3 Å². The Hall–Kier alpha value is -5.07. The minimum absolute atomic E-state index is 0.00671. The topological polar surface area (TPSA) is 221 Å². The lowest BCUT2D eigenvalue weighted by molar-refractivity contribution is -0.384. The highest BCUT2D eigenvalue weighted by Gasteiger charge is 2.65. The molecule has 6 atom stereocenters. The lowest BCUT2D eigenvalue weighted by Gasteiger charge is -2.59. The number of carbonyl (C=O) groups is 2. The number of carbonyl (C=O) groups excluding carboxylic acids is 2. The van der Waals surface area contributed by atoms with Crippen molar-refractivity contribution in [3.05, 3.63) is 88.0 Å². The molecule has 1 aliphatic heterocycles. The van der Waals surface area contributed by atoms with E-state index >= 15 is 0 Å². The average Bonchev–Trinajstić information content (AvgIpc) is 3.36. The molecule has 2 aromatic carbocycles. The second-order valence-electron chi connectivity index (χ2n) is 18.7. The molecule has 0 radical (unpaired) electrons. The number of allylic oxidation sites excluding steroid dienone is 1. The molecule has 0 aromatic heterocycles. The van der Waals surface area contributed by atoms with Gasteiger partial charge >= 0.3 is 12.2 Å². The van der Waals surface area contributed by atoms with Crippen molar-refractivity contribution in [1.29, 1.82) is 0 Å². The molecule has 2 aliphatic carbocycles. The van der Waals surface area contributed by atoms with Gasteiger partial charge in [0.1, 0.15) is 24.1 Å². The zero-order valence-electron chi connectivity index (χ0n) is 42.1. The van der Waals surface area contributed by atoms with Crippen molar-refractivity contribution in [2.45, 2.75) is 147 Å². The molecule has 4 N–H and O–H groups in total. The summed E-state index contributed by atoms with van der Waals surface area (Å²) in [5, 5.41) is 48.6. The minimum atomic E-state index is -1.58. The highest BCUT2D eigenvalue weighted by atomic mass is 16.7. The van der Waals surface area contributed by atoms with Crippen LogP contribution in [0.2, 0.25) is 0 Å². The number of nitro groups is 1. The van der Waals surface area contributed by atoms with Gasteiger partial charge in [-0.15, -0.1) is 6.58 Å². The molecule has 394 valence electrons. The van der Waals surface area contributed by atoms with E-state index in [0.717, 1.165) is 43.2 Å². The van der Waals surface area contributed by atoms with Crippen LogP contribution in [0.3, 0.4) is 0 Å². The molecule has 2 amide bonds. The molecule has 1 saturated carbocycles. The molecule has 0 spiro atoms. The maximum absolute atomic E-state index is 14.3. The van der Waals surface area contributed by atoms with Crippen LogP contribution in [0.4, 0.5) is 15.3 Å². The molecule has 71 heavy (non-hydrogen) atoms. The maximum atomic E-state index is 14.3. The summed E-state index contributed by atoms with van der Waals surface area (Å²) >= 11 is 0. The number of nitrogens with one attached hydrogen (secondary N) is 1. The Balaban J connectivity index is 1.58. The molecule has 17 nitrogen and oxygen atoms in total. The normalized spacial score (nSPS) is 21.6. The van der Waals surface area contributed by atoms with Crippen molar-refractivity contribution < 1.29 is 58.4 Å². The van der Waals surface area contributed by atoms with Crippen molar-refractivity contribution in [3.8, 4) is 11.5 Å². The van der Waals surface area contributed by atoms with Crippen molar-refractivity contribution in [2.24, 2.45) is 22.9 Å². The molecule has 3 aliphatic rings. The van der Waals surface area contributed by atoms with Gasteiger partial charge in [-0.1, -0.05) is 94.9 Å². The van der Waals surface area contributed by atoms with E-state index in [1.54, 1.807) is 42.2 Å². The van der Waals surface area contributed by atoms with Gasteiger partial charge in [0.2, 0.25) is 5.79 Å². The SMILES string of the molecule is C=CCOC12Oc3ccc(OC(=O)NCCCCCCCCCCCC)cc3C3C(CCCCO)C(CCCCO)C=C(C(=NOCc4ccc([N+](=O)[O-])cc4)CC1N(CCOCCO)C(=O)OCC)C32. The smallest absolute Gasteiger partial charge is 0.412 e. The molecule has 0 bridgehead atoms. The third-order valence-electron chi connectivity index (χ3n) is 13.8. The molecule has 5 rings (SSSR count).